The first-order valence-electron chi connectivity index (χ1n) is 7.37. The van der Waals surface area contributed by atoms with E-state index in [4.69, 9.17) is 0 Å². The lowest BCUT2D eigenvalue weighted by molar-refractivity contribution is -0.150. The molecule has 0 radical (unpaired) electrons. The third-order valence-corrected chi connectivity index (χ3v) is 5.25. The molecule has 3 rings (SSSR count). The second kappa shape index (κ2) is 4.88. The third kappa shape index (κ3) is 2.04. The number of aliphatic hydroxyl groups excluding tert-OH is 1. The van der Waals surface area contributed by atoms with Crippen LogP contribution in [-0.4, -0.2) is 46.2 Å². The molecule has 2 bridgehead atoms. The van der Waals surface area contributed by atoms with Crippen molar-refractivity contribution < 1.29 is 19.8 Å². The van der Waals surface area contributed by atoms with Gasteiger partial charge in [0.1, 0.15) is 0 Å². The highest BCUT2D eigenvalue weighted by molar-refractivity contribution is 5.87. The summed E-state index contributed by atoms with van der Waals surface area (Å²) in [7, 11) is 0. The van der Waals surface area contributed by atoms with Gasteiger partial charge < -0.3 is 15.1 Å². The molecule has 2 aliphatic carbocycles. The molecular formula is C15H21NO4. The third-order valence-electron chi connectivity index (χ3n) is 5.25. The zero-order valence-electron chi connectivity index (χ0n) is 11.6. The molecule has 1 heterocycles. The van der Waals surface area contributed by atoms with Crippen LogP contribution >= 0.6 is 0 Å². The van der Waals surface area contributed by atoms with Crippen LogP contribution in [0.5, 0.6) is 0 Å². The van der Waals surface area contributed by atoms with Crippen LogP contribution < -0.4 is 0 Å². The molecule has 0 aromatic rings. The van der Waals surface area contributed by atoms with Crippen LogP contribution in [-0.2, 0) is 9.59 Å². The number of carbonyl (C=O) groups is 2. The van der Waals surface area contributed by atoms with Crippen LogP contribution in [0.3, 0.4) is 0 Å². The SMILES string of the molecule is CC(O)C1CCN(C(=O)C2C3C=CC(C3)C2C(=O)O)C1. The van der Waals surface area contributed by atoms with E-state index in [1.54, 1.807) is 11.8 Å². The molecule has 5 heteroatoms. The van der Waals surface area contributed by atoms with Gasteiger partial charge in [0.2, 0.25) is 5.91 Å². The van der Waals surface area contributed by atoms with E-state index < -0.39 is 23.9 Å². The van der Waals surface area contributed by atoms with Crippen LogP contribution in [0.4, 0.5) is 0 Å². The lowest BCUT2D eigenvalue weighted by Crippen LogP contribution is -2.42. The van der Waals surface area contributed by atoms with Gasteiger partial charge in [-0.15, -0.1) is 0 Å². The number of rotatable bonds is 3. The van der Waals surface area contributed by atoms with E-state index in [1.807, 2.05) is 12.2 Å². The van der Waals surface area contributed by atoms with E-state index in [0.29, 0.717) is 13.1 Å². The van der Waals surface area contributed by atoms with Crippen molar-refractivity contribution in [1.82, 2.24) is 4.90 Å². The Hall–Kier alpha value is -1.36. The summed E-state index contributed by atoms with van der Waals surface area (Å²) in [5.41, 5.74) is 0. The Bertz CT molecular complexity index is 459. The fourth-order valence-corrected chi connectivity index (χ4v) is 4.09. The van der Waals surface area contributed by atoms with Gasteiger partial charge >= 0.3 is 5.97 Å². The molecule has 3 aliphatic rings. The van der Waals surface area contributed by atoms with Gasteiger partial charge in [0.25, 0.3) is 0 Å². The van der Waals surface area contributed by atoms with Crippen LogP contribution in [0, 0.1) is 29.6 Å². The summed E-state index contributed by atoms with van der Waals surface area (Å²) < 4.78 is 0. The van der Waals surface area contributed by atoms with E-state index in [0.717, 1.165) is 12.8 Å². The number of carbonyl (C=O) groups excluding carboxylic acids is 1. The first-order chi connectivity index (χ1) is 9.49. The molecular weight excluding hydrogens is 258 g/mol. The number of fused-ring (bicyclic) bond motifs is 2. The number of nitrogens with zero attached hydrogens (tertiary/aromatic N) is 1. The molecule has 110 valence electrons. The highest BCUT2D eigenvalue weighted by atomic mass is 16.4. The molecule has 1 saturated heterocycles. The number of hydrogen-bond acceptors (Lipinski definition) is 3. The van der Waals surface area contributed by atoms with Crippen LogP contribution in [0.25, 0.3) is 0 Å². The van der Waals surface area contributed by atoms with Gasteiger partial charge in [0.15, 0.2) is 0 Å². The number of hydrogen-bond donors (Lipinski definition) is 2. The monoisotopic (exact) mass is 279 g/mol. The molecule has 1 saturated carbocycles. The highest BCUT2D eigenvalue weighted by Gasteiger charge is 2.53. The number of aliphatic carboxylic acids is 1. The number of likely N-dealkylation sites (tertiary alicyclic amines) is 1. The molecule has 1 amide bonds. The smallest absolute Gasteiger partial charge is 0.307 e. The predicted molar refractivity (Wildman–Crippen MR) is 71.7 cm³/mol. The minimum atomic E-state index is -0.855. The van der Waals surface area contributed by atoms with E-state index in [9.17, 15) is 19.8 Å². The summed E-state index contributed by atoms with van der Waals surface area (Å²) in [6, 6.07) is 0. The molecule has 5 nitrogen and oxygen atoms in total. The number of amides is 1. The first-order valence-corrected chi connectivity index (χ1v) is 7.37. The van der Waals surface area contributed by atoms with Crippen molar-refractivity contribution in [3.05, 3.63) is 12.2 Å². The molecule has 0 aromatic carbocycles. The van der Waals surface area contributed by atoms with Gasteiger partial charge in [0, 0.05) is 19.0 Å². The van der Waals surface area contributed by atoms with Gasteiger partial charge in [-0.3, -0.25) is 9.59 Å². The molecule has 2 fully saturated rings. The second-order valence-electron chi connectivity index (χ2n) is 6.41. The number of allylic oxidation sites excluding steroid dienone is 2. The fourth-order valence-electron chi connectivity index (χ4n) is 4.09. The van der Waals surface area contributed by atoms with Crippen molar-refractivity contribution in [3.8, 4) is 0 Å². The highest BCUT2D eigenvalue weighted by Crippen LogP contribution is 2.49. The van der Waals surface area contributed by atoms with Crippen molar-refractivity contribution in [3.63, 3.8) is 0 Å². The van der Waals surface area contributed by atoms with E-state index in [-0.39, 0.29) is 23.7 Å². The van der Waals surface area contributed by atoms with Crippen molar-refractivity contribution in [2.24, 2.45) is 29.6 Å². The standard InChI is InChI=1S/C15H21NO4/c1-8(17)11-4-5-16(7-11)14(18)12-9-2-3-10(6-9)13(12)15(19)20/h2-3,8-13,17H,4-7H2,1H3,(H,19,20). The first kappa shape index (κ1) is 13.6. The van der Waals surface area contributed by atoms with Crippen molar-refractivity contribution in [1.29, 1.82) is 0 Å². The number of carboxylic acid groups (broad SMARTS) is 1. The quantitative estimate of drug-likeness (QED) is 0.747. The lowest BCUT2D eigenvalue weighted by Gasteiger charge is -2.28. The summed E-state index contributed by atoms with van der Waals surface area (Å²) in [6.07, 6.45) is 5.15. The van der Waals surface area contributed by atoms with Gasteiger partial charge in [-0.2, -0.15) is 0 Å². The van der Waals surface area contributed by atoms with E-state index >= 15 is 0 Å². The predicted octanol–water partition coefficient (Wildman–Crippen LogP) is 0.739. The minimum absolute atomic E-state index is 0.0154. The Balaban J connectivity index is 1.74. The number of carboxylic acids is 1. The molecule has 6 atom stereocenters. The van der Waals surface area contributed by atoms with Gasteiger partial charge in [-0.05, 0) is 31.6 Å². The molecule has 6 unspecified atom stereocenters. The topological polar surface area (TPSA) is 77.8 Å². The second-order valence-corrected chi connectivity index (χ2v) is 6.41. The minimum Gasteiger partial charge on any atom is -0.481 e. The summed E-state index contributed by atoms with van der Waals surface area (Å²) in [4.78, 5) is 25.9. The molecule has 2 N–H and O–H groups in total. The Kier molecular flexibility index (Phi) is 3.32. The van der Waals surface area contributed by atoms with Crippen LogP contribution in [0.15, 0.2) is 12.2 Å². The largest absolute Gasteiger partial charge is 0.481 e. The number of aliphatic hydroxyl groups is 1. The maximum absolute atomic E-state index is 12.7. The van der Waals surface area contributed by atoms with Crippen molar-refractivity contribution in [2.45, 2.75) is 25.9 Å². The Morgan fingerprint density at radius 2 is 1.90 bits per heavy atom. The van der Waals surface area contributed by atoms with Crippen LogP contribution in [0.1, 0.15) is 19.8 Å². The maximum Gasteiger partial charge on any atom is 0.307 e. The molecule has 0 spiro atoms. The average Bonchev–Trinajstić information content (AvgIpc) is 3.11. The fraction of sp³-hybridized carbons (Fsp3) is 0.733. The Morgan fingerprint density at radius 3 is 2.45 bits per heavy atom. The molecule has 20 heavy (non-hydrogen) atoms. The van der Waals surface area contributed by atoms with Gasteiger partial charge in [0.05, 0.1) is 17.9 Å². The summed E-state index contributed by atoms with van der Waals surface area (Å²) in [5, 5.41) is 19.0. The zero-order valence-corrected chi connectivity index (χ0v) is 11.6. The summed E-state index contributed by atoms with van der Waals surface area (Å²) >= 11 is 0. The van der Waals surface area contributed by atoms with Crippen LogP contribution in [0.2, 0.25) is 0 Å². The van der Waals surface area contributed by atoms with Crippen molar-refractivity contribution >= 4 is 11.9 Å². The van der Waals surface area contributed by atoms with E-state index in [1.165, 1.54) is 0 Å². The van der Waals surface area contributed by atoms with Gasteiger partial charge in [-0.1, -0.05) is 12.2 Å². The normalized spacial score (nSPS) is 40.3. The lowest BCUT2D eigenvalue weighted by atomic mass is 9.82. The van der Waals surface area contributed by atoms with E-state index in [2.05, 4.69) is 0 Å². The zero-order chi connectivity index (χ0) is 14.4. The molecule has 0 aromatic heterocycles. The van der Waals surface area contributed by atoms with Crippen molar-refractivity contribution in [2.75, 3.05) is 13.1 Å². The summed E-state index contributed by atoms with van der Waals surface area (Å²) in [6.45, 7) is 2.94. The average molecular weight is 279 g/mol. The maximum atomic E-state index is 12.7. The van der Waals surface area contributed by atoms with Gasteiger partial charge in [-0.25, -0.2) is 0 Å². The Labute approximate surface area is 118 Å². The Morgan fingerprint density at radius 1 is 1.25 bits per heavy atom. The molecule has 1 aliphatic heterocycles. The summed E-state index contributed by atoms with van der Waals surface area (Å²) in [5.74, 6) is -1.64.